The lowest BCUT2D eigenvalue weighted by molar-refractivity contribution is 0.202. The predicted molar refractivity (Wildman–Crippen MR) is 115 cm³/mol. The van der Waals surface area contributed by atoms with Crippen LogP contribution in [0.4, 0.5) is 0 Å². The maximum absolute atomic E-state index is 6.23. The first-order chi connectivity index (χ1) is 14.1. The molecule has 0 amide bonds. The van der Waals surface area contributed by atoms with Gasteiger partial charge in [-0.3, -0.25) is 9.58 Å². The molecule has 2 heterocycles. The van der Waals surface area contributed by atoms with Crippen LogP contribution in [0.1, 0.15) is 23.9 Å². The van der Waals surface area contributed by atoms with Gasteiger partial charge in [-0.25, -0.2) is 0 Å². The number of aryl methyl sites for hydroxylation is 1. The molecule has 0 unspecified atom stereocenters. The Kier molecular flexibility index (Phi) is 5.99. The molecule has 3 aromatic rings. The Morgan fingerprint density at radius 2 is 1.72 bits per heavy atom. The fourth-order valence-electron chi connectivity index (χ4n) is 3.58. The standard InChI is InChI=1S/C22H23Cl2N3O2/c1-3-20-22(29-19-11-16(23)10-17(24)12-19)21-14-26(8-9-27(21)25-20)13-15-4-6-18(28-2)7-5-15/h4-7,10-12H,3,8-9,13-14H2,1-2H3. The Labute approximate surface area is 180 Å². The third-order valence-corrected chi connectivity index (χ3v) is 5.47. The number of nitrogens with zero attached hydrogens (tertiary/aromatic N) is 3. The highest BCUT2D eigenvalue weighted by Crippen LogP contribution is 2.35. The molecule has 2 aromatic carbocycles. The highest BCUT2D eigenvalue weighted by molar-refractivity contribution is 6.34. The van der Waals surface area contributed by atoms with Gasteiger partial charge in [0.1, 0.15) is 17.2 Å². The molecule has 0 N–H and O–H groups in total. The van der Waals surface area contributed by atoms with Crippen molar-refractivity contribution >= 4 is 23.2 Å². The van der Waals surface area contributed by atoms with Gasteiger partial charge in [0.2, 0.25) is 0 Å². The largest absolute Gasteiger partial charge is 0.497 e. The normalized spacial score (nSPS) is 13.9. The fraction of sp³-hybridized carbons (Fsp3) is 0.318. The smallest absolute Gasteiger partial charge is 0.173 e. The first-order valence-electron chi connectivity index (χ1n) is 9.63. The second-order valence-electron chi connectivity index (χ2n) is 7.07. The average molecular weight is 432 g/mol. The van der Waals surface area contributed by atoms with Crippen molar-refractivity contribution in [1.82, 2.24) is 14.7 Å². The Morgan fingerprint density at radius 1 is 1.00 bits per heavy atom. The van der Waals surface area contributed by atoms with Crippen molar-refractivity contribution in [3.05, 3.63) is 69.5 Å². The van der Waals surface area contributed by atoms with E-state index in [1.165, 1.54) is 5.56 Å². The van der Waals surface area contributed by atoms with E-state index in [1.54, 1.807) is 25.3 Å². The zero-order valence-electron chi connectivity index (χ0n) is 16.5. The molecule has 0 spiro atoms. The van der Waals surface area contributed by atoms with Gasteiger partial charge in [-0.1, -0.05) is 42.3 Å². The molecule has 0 saturated heterocycles. The van der Waals surface area contributed by atoms with Gasteiger partial charge in [0.15, 0.2) is 5.75 Å². The van der Waals surface area contributed by atoms with Crippen molar-refractivity contribution in [3.63, 3.8) is 0 Å². The molecule has 29 heavy (non-hydrogen) atoms. The topological polar surface area (TPSA) is 39.5 Å². The molecule has 0 saturated carbocycles. The van der Waals surface area contributed by atoms with Crippen LogP contribution in [0.3, 0.4) is 0 Å². The van der Waals surface area contributed by atoms with Crippen LogP contribution in [-0.4, -0.2) is 28.3 Å². The maximum atomic E-state index is 6.23. The number of halogens is 2. The second kappa shape index (κ2) is 8.66. The summed E-state index contributed by atoms with van der Waals surface area (Å²) in [5, 5.41) is 5.85. The van der Waals surface area contributed by atoms with Crippen molar-refractivity contribution in [1.29, 1.82) is 0 Å². The van der Waals surface area contributed by atoms with E-state index >= 15 is 0 Å². The summed E-state index contributed by atoms with van der Waals surface area (Å²) >= 11 is 12.3. The van der Waals surface area contributed by atoms with Gasteiger partial charge in [0.05, 0.1) is 19.3 Å². The zero-order valence-corrected chi connectivity index (χ0v) is 18.0. The molecule has 0 radical (unpaired) electrons. The first-order valence-corrected chi connectivity index (χ1v) is 10.4. The van der Waals surface area contributed by atoms with E-state index in [0.29, 0.717) is 15.8 Å². The summed E-state index contributed by atoms with van der Waals surface area (Å²) in [4.78, 5) is 2.40. The number of benzene rings is 2. The van der Waals surface area contributed by atoms with E-state index in [9.17, 15) is 0 Å². The summed E-state index contributed by atoms with van der Waals surface area (Å²) in [6.07, 6.45) is 0.794. The molecule has 1 aromatic heterocycles. The third kappa shape index (κ3) is 4.53. The molecule has 7 heteroatoms. The van der Waals surface area contributed by atoms with Gasteiger partial charge in [-0.05, 0) is 42.3 Å². The van der Waals surface area contributed by atoms with Gasteiger partial charge in [0.25, 0.3) is 0 Å². The van der Waals surface area contributed by atoms with Crippen LogP contribution >= 0.6 is 23.2 Å². The summed E-state index contributed by atoms with van der Waals surface area (Å²) in [6, 6.07) is 13.4. The maximum Gasteiger partial charge on any atom is 0.173 e. The number of hydrogen-bond acceptors (Lipinski definition) is 4. The molecule has 0 atom stereocenters. The quantitative estimate of drug-likeness (QED) is 0.511. The van der Waals surface area contributed by atoms with Crippen LogP contribution in [0.15, 0.2) is 42.5 Å². The van der Waals surface area contributed by atoms with Gasteiger partial charge in [-0.2, -0.15) is 5.10 Å². The van der Waals surface area contributed by atoms with Crippen LogP contribution in [-0.2, 0) is 26.1 Å². The average Bonchev–Trinajstić information content (AvgIpc) is 3.05. The summed E-state index contributed by atoms with van der Waals surface area (Å²) in [6.45, 7) is 5.48. The van der Waals surface area contributed by atoms with Gasteiger partial charge < -0.3 is 9.47 Å². The van der Waals surface area contributed by atoms with E-state index in [1.807, 2.05) is 12.1 Å². The van der Waals surface area contributed by atoms with E-state index in [2.05, 4.69) is 28.6 Å². The van der Waals surface area contributed by atoms with Crippen LogP contribution in [0, 0.1) is 0 Å². The van der Waals surface area contributed by atoms with Crippen LogP contribution in [0.2, 0.25) is 10.0 Å². The minimum absolute atomic E-state index is 0.549. The number of fused-ring (bicyclic) bond motifs is 1. The van der Waals surface area contributed by atoms with E-state index in [4.69, 9.17) is 37.8 Å². The fourth-order valence-corrected chi connectivity index (χ4v) is 4.09. The van der Waals surface area contributed by atoms with Crippen molar-refractivity contribution < 1.29 is 9.47 Å². The molecule has 4 rings (SSSR count). The minimum Gasteiger partial charge on any atom is -0.497 e. The zero-order chi connectivity index (χ0) is 20.4. The van der Waals surface area contributed by atoms with Gasteiger partial charge >= 0.3 is 0 Å². The lowest BCUT2D eigenvalue weighted by Gasteiger charge is -2.28. The molecule has 1 aliphatic rings. The lowest BCUT2D eigenvalue weighted by Crippen LogP contribution is -2.33. The summed E-state index contributed by atoms with van der Waals surface area (Å²) < 4.78 is 13.5. The minimum atomic E-state index is 0.549. The molecule has 1 aliphatic heterocycles. The highest BCUT2D eigenvalue weighted by atomic mass is 35.5. The lowest BCUT2D eigenvalue weighted by atomic mass is 10.1. The summed E-state index contributed by atoms with van der Waals surface area (Å²) in [5.41, 5.74) is 3.28. The van der Waals surface area contributed by atoms with Crippen molar-refractivity contribution in [2.45, 2.75) is 33.0 Å². The molecule has 0 fully saturated rings. The monoisotopic (exact) mass is 431 g/mol. The Balaban J connectivity index is 1.57. The van der Waals surface area contributed by atoms with E-state index in [0.717, 1.165) is 55.5 Å². The Hall–Kier alpha value is -2.21. The van der Waals surface area contributed by atoms with Crippen molar-refractivity contribution in [2.24, 2.45) is 0 Å². The molecule has 0 aliphatic carbocycles. The number of rotatable bonds is 6. The highest BCUT2D eigenvalue weighted by Gasteiger charge is 2.25. The van der Waals surface area contributed by atoms with E-state index in [-0.39, 0.29) is 0 Å². The molecule has 5 nitrogen and oxygen atoms in total. The van der Waals surface area contributed by atoms with Crippen molar-refractivity contribution in [3.8, 4) is 17.2 Å². The SMILES string of the molecule is CCc1nn2c(c1Oc1cc(Cl)cc(Cl)c1)CN(Cc1ccc(OC)cc1)CC2. The third-order valence-electron chi connectivity index (χ3n) is 5.03. The number of methoxy groups -OCH3 is 1. The summed E-state index contributed by atoms with van der Waals surface area (Å²) in [7, 11) is 1.68. The van der Waals surface area contributed by atoms with Gasteiger partial charge in [0, 0.05) is 29.7 Å². The Morgan fingerprint density at radius 3 is 2.38 bits per heavy atom. The molecule has 0 bridgehead atoms. The summed E-state index contributed by atoms with van der Waals surface area (Å²) in [5.74, 6) is 2.31. The van der Waals surface area contributed by atoms with E-state index < -0.39 is 0 Å². The predicted octanol–water partition coefficient (Wildman–Crippen LogP) is 5.57. The van der Waals surface area contributed by atoms with Crippen LogP contribution in [0.25, 0.3) is 0 Å². The Bertz CT molecular complexity index is 982. The number of aromatic nitrogens is 2. The number of ether oxygens (including phenoxy) is 2. The second-order valence-corrected chi connectivity index (χ2v) is 7.94. The van der Waals surface area contributed by atoms with Crippen LogP contribution < -0.4 is 9.47 Å². The molecular weight excluding hydrogens is 409 g/mol. The first kappa shape index (κ1) is 20.1. The number of hydrogen-bond donors (Lipinski definition) is 0. The van der Waals surface area contributed by atoms with Crippen LogP contribution in [0.5, 0.6) is 17.2 Å². The molecule has 152 valence electrons. The van der Waals surface area contributed by atoms with Gasteiger partial charge in [-0.15, -0.1) is 0 Å². The molecular formula is C22H23Cl2N3O2. The van der Waals surface area contributed by atoms with Crippen molar-refractivity contribution in [2.75, 3.05) is 13.7 Å².